The first-order chi connectivity index (χ1) is 19.3. The molecule has 0 spiro atoms. The number of rotatable bonds is 6. The van der Waals surface area contributed by atoms with Crippen LogP contribution in [0.5, 0.6) is 0 Å². The Balaban J connectivity index is 0.000000629. The van der Waals surface area contributed by atoms with E-state index in [-0.39, 0.29) is 11.5 Å². The van der Waals surface area contributed by atoms with Gasteiger partial charge in [0.1, 0.15) is 0 Å². The molecule has 0 bridgehead atoms. The standard InChI is InChI=1S/C24H20Cl2N2O.C6H11N.2C2H6/c1-28-23-10-7-17(22(14-27)15-5-8-18(25)9-6-15)12-21(23)20(13-24(28)29)16-3-2-4-19(26)11-16;1-4-6-7(3)5-2;2*1-2/h2-13,22H,14,27H2,1H3;4-6H,2H2,1,3H3;2*1-2H3/b;6-4-;;/t22-;;;/m1.../s1. The first-order valence-corrected chi connectivity index (χ1v) is 14.4. The van der Waals surface area contributed by atoms with E-state index in [2.05, 4.69) is 12.6 Å². The number of hydrogen-bond donors (Lipinski definition) is 1. The van der Waals surface area contributed by atoms with Crippen molar-refractivity contribution in [2.75, 3.05) is 13.6 Å². The fourth-order valence-electron chi connectivity index (χ4n) is 4.05. The summed E-state index contributed by atoms with van der Waals surface area (Å²) < 4.78 is 1.66. The van der Waals surface area contributed by atoms with Gasteiger partial charge in [-0.05, 0) is 78.0 Å². The summed E-state index contributed by atoms with van der Waals surface area (Å²) in [5, 5.41) is 2.31. The van der Waals surface area contributed by atoms with Crippen LogP contribution in [0.3, 0.4) is 0 Å². The molecule has 6 heteroatoms. The lowest BCUT2D eigenvalue weighted by Crippen LogP contribution is -2.17. The highest BCUT2D eigenvalue weighted by molar-refractivity contribution is 6.31. The van der Waals surface area contributed by atoms with Gasteiger partial charge in [0.25, 0.3) is 5.56 Å². The number of fused-ring (bicyclic) bond motifs is 1. The molecule has 40 heavy (non-hydrogen) atoms. The molecule has 3 aromatic carbocycles. The minimum atomic E-state index is -0.0618. The van der Waals surface area contributed by atoms with Crippen LogP contribution in [0.2, 0.25) is 10.0 Å². The molecule has 0 saturated carbocycles. The van der Waals surface area contributed by atoms with Crippen LogP contribution in [-0.2, 0) is 7.05 Å². The molecule has 0 saturated heterocycles. The third-order valence-electron chi connectivity index (χ3n) is 5.99. The molecule has 214 valence electrons. The Hall–Kier alpha value is -3.31. The summed E-state index contributed by atoms with van der Waals surface area (Å²) in [5.41, 5.74) is 10.9. The van der Waals surface area contributed by atoms with Gasteiger partial charge in [0.15, 0.2) is 0 Å². The summed E-state index contributed by atoms with van der Waals surface area (Å²) in [6.45, 7) is 14.0. The number of benzene rings is 3. The summed E-state index contributed by atoms with van der Waals surface area (Å²) in [6.07, 6.45) is 5.65. The van der Waals surface area contributed by atoms with Crippen molar-refractivity contribution in [2.45, 2.75) is 40.5 Å². The van der Waals surface area contributed by atoms with E-state index in [9.17, 15) is 4.79 Å². The second kappa shape index (κ2) is 18.1. The fourth-order valence-corrected chi connectivity index (χ4v) is 4.36. The van der Waals surface area contributed by atoms with Gasteiger partial charge in [-0.15, -0.1) is 0 Å². The van der Waals surface area contributed by atoms with Gasteiger partial charge < -0.3 is 15.2 Å². The number of nitrogens with zero attached hydrogens (tertiary/aromatic N) is 2. The van der Waals surface area contributed by atoms with E-state index < -0.39 is 0 Å². The molecule has 1 atom stereocenters. The molecule has 4 nitrogen and oxygen atoms in total. The highest BCUT2D eigenvalue weighted by atomic mass is 35.5. The molecule has 1 aromatic heterocycles. The number of allylic oxidation sites excluding steroid dienone is 1. The smallest absolute Gasteiger partial charge is 0.251 e. The van der Waals surface area contributed by atoms with E-state index in [1.165, 1.54) is 0 Å². The second-order valence-electron chi connectivity index (χ2n) is 8.41. The van der Waals surface area contributed by atoms with Crippen molar-refractivity contribution in [3.63, 3.8) is 0 Å². The topological polar surface area (TPSA) is 51.3 Å². The van der Waals surface area contributed by atoms with Gasteiger partial charge in [0, 0.05) is 48.1 Å². The van der Waals surface area contributed by atoms with Crippen LogP contribution < -0.4 is 11.3 Å². The normalized spacial score (nSPS) is 10.8. The van der Waals surface area contributed by atoms with Crippen molar-refractivity contribution in [3.05, 3.63) is 129 Å². The molecule has 0 amide bonds. The Labute approximate surface area is 250 Å². The molecule has 0 radical (unpaired) electrons. The van der Waals surface area contributed by atoms with Crippen LogP contribution in [0.1, 0.15) is 51.7 Å². The van der Waals surface area contributed by atoms with Crippen LogP contribution in [-0.4, -0.2) is 23.1 Å². The average Bonchev–Trinajstić information content (AvgIpc) is 2.99. The SMILES string of the molecule is C=CN(C)/C=C\C.CC.CC.Cn1c(=O)cc(-c2cccc(Cl)c2)c2cc([C@H](CN)c3ccc(Cl)cc3)ccc21. The third kappa shape index (κ3) is 9.41. The van der Waals surface area contributed by atoms with Gasteiger partial charge in [-0.3, -0.25) is 4.79 Å². The van der Waals surface area contributed by atoms with Gasteiger partial charge in [-0.1, -0.05) is 93.9 Å². The van der Waals surface area contributed by atoms with E-state index in [0.717, 1.165) is 33.2 Å². The molecule has 0 aliphatic carbocycles. The van der Waals surface area contributed by atoms with Gasteiger partial charge in [-0.2, -0.15) is 0 Å². The van der Waals surface area contributed by atoms with E-state index >= 15 is 0 Å². The summed E-state index contributed by atoms with van der Waals surface area (Å²) in [5.74, 6) is 0.0288. The predicted molar refractivity (Wildman–Crippen MR) is 177 cm³/mol. The molecule has 1 heterocycles. The molecular weight excluding hydrogens is 537 g/mol. The van der Waals surface area contributed by atoms with Gasteiger partial charge in [0.05, 0.1) is 5.52 Å². The second-order valence-corrected chi connectivity index (χ2v) is 9.29. The molecule has 4 aromatic rings. The van der Waals surface area contributed by atoms with E-state index in [4.69, 9.17) is 28.9 Å². The van der Waals surface area contributed by atoms with Gasteiger partial charge in [0.2, 0.25) is 0 Å². The zero-order chi connectivity index (χ0) is 30.2. The highest BCUT2D eigenvalue weighted by Gasteiger charge is 2.16. The number of aryl methyl sites for hydroxylation is 1. The number of halogens is 2. The largest absolute Gasteiger partial charge is 0.358 e. The van der Waals surface area contributed by atoms with E-state index in [1.807, 2.05) is 120 Å². The van der Waals surface area contributed by atoms with Crippen LogP contribution in [0.4, 0.5) is 0 Å². The van der Waals surface area contributed by atoms with Crippen molar-refractivity contribution in [2.24, 2.45) is 12.8 Å². The van der Waals surface area contributed by atoms with Gasteiger partial charge in [-0.25, -0.2) is 0 Å². The molecule has 4 rings (SSSR count). The van der Waals surface area contributed by atoms with Crippen LogP contribution >= 0.6 is 23.2 Å². The lowest BCUT2D eigenvalue weighted by molar-refractivity contribution is 0.627. The quantitative estimate of drug-likeness (QED) is 0.247. The van der Waals surface area contributed by atoms with Crippen molar-refractivity contribution in [3.8, 4) is 11.1 Å². The van der Waals surface area contributed by atoms with Crippen LogP contribution in [0.25, 0.3) is 22.0 Å². The lowest BCUT2D eigenvalue weighted by Gasteiger charge is -2.18. The third-order valence-corrected chi connectivity index (χ3v) is 6.48. The highest BCUT2D eigenvalue weighted by Crippen LogP contribution is 2.33. The number of pyridine rings is 1. The van der Waals surface area contributed by atoms with E-state index in [0.29, 0.717) is 16.6 Å². The summed E-state index contributed by atoms with van der Waals surface area (Å²) in [6, 6.07) is 23.1. The first-order valence-electron chi connectivity index (χ1n) is 13.6. The Bertz CT molecular complexity index is 1430. The first kappa shape index (κ1) is 34.7. The molecule has 2 N–H and O–H groups in total. The van der Waals surface area contributed by atoms with Crippen molar-refractivity contribution in [1.29, 1.82) is 0 Å². The zero-order valence-electron chi connectivity index (χ0n) is 24.8. The Morgan fingerprint density at radius 3 is 2.08 bits per heavy atom. The lowest BCUT2D eigenvalue weighted by atomic mass is 9.89. The zero-order valence-corrected chi connectivity index (χ0v) is 26.3. The van der Waals surface area contributed by atoms with Gasteiger partial charge >= 0.3 is 0 Å². The average molecular weight is 581 g/mol. The maximum absolute atomic E-state index is 12.5. The predicted octanol–water partition coefficient (Wildman–Crippen LogP) is 9.25. The summed E-state index contributed by atoms with van der Waals surface area (Å²) >= 11 is 12.2. The molecule has 0 unspecified atom stereocenters. The fraction of sp³-hybridized carbons (Fsp3) is 0.265. The maximum atomic E-state index is 12.5. The molecular formula is C34H43Cl2N3O. The van der Waals surface area contributed by atoms with Crippen molar-refractivity contribution < 1.29 is 0 Å². The Kier molecular flexibility index (Phi) is 15.7. The minimum absolute atomic E-state index is 0.0288. The van der Waals surface area contributed by atoms with E-state index in [1.54, 1.807) is 23.9 Å². The number of aromatic nitrogens is 1. The van der Waals surface area contributed by atoms with Crippen LogP contribution in [0.15, 0.2) is 103 Å². The molecule has 0 fully saturated rings. The monoisotopic (exact) mass is 579 g/mol. The Morgan fingerprint density at radius 2 is 1.55 bits per heavy atom. The number of hydrogen-bond acceptors (Lipinski definition) is 3. The van der Waals surface area contributed by atoms with Crippen molar-refractivity contribution in [1.82, 2.24) is 9.47 Å². The minimum Gasteiger partial charge on any atom is -0.358 e. The maximum Gasteiger partial charge on any atom is 0.251 e. The molecule has 0 aliphatic rings. The number of nitrogens with two attached hydrogens (primary N) is 1. The summed E-state index contributed by atoms with van der Waals surface area (Å²) in [7, 11) is 3.72. The summed E-state index contributed by atoms with van der Waals surface area (Å²) in [4.78, 5) is 14.4. The molecule has 0 aliphatic heterocycles. The van der Waals surface area contributed by atoms with Crippen molar-refractivity contribution >= 4 is 34.1 Å². The van der Waals surface area contributed by atoms with Crippen LogP contribution in [0, 0.1) is 0 Å². The Morgan fingerprint density at radius 1 is 0.925 bits per heavy atom.